The average Bonchev–Trinajstić information content (AvgIpc) is 2.45. The fourth-order valence-corrected chi connectivity index (χ4v) is 1.84. The van der Waals surface area contributed by atoms with Crippen molar-refractivity contribution in [3.05, 3.63) is 52.3 Å². The van der Waals surface area contributed by atoms with Gasteiger partial charge in [0, 0.05) is 29.0 Å². The predicted octanol–water partition coefficient (Wildman–Crippen LogP) is 2.61. The first-order valence-corrected chi connectivity index (χ1v) is 6.41. The summed E-state index contributed by atoms with van der Waals surface area (Å²) in [5, 5.41) is 3.68. The number of nitrogens with zero attached hydrogens (tertiary/aromatic N) is 2. The number of anilines is 1. The molecule has 0 bridgehead atoms. The maximum atomic E-state index is 11.6. The minimum atomic E-state index is -0.427. The number of hydrogen-bond donors (Lipinski definition) is 3. The third kappa shape index (κ3) is 4.25. The third-order valence-corrected chi connectivity index (χ3v) is 2.90. The summed E-state index contributed by atoms with van der Waals surface area (Å²) in [5.74, 6) is 0.298. The molecule has 2 rings (SSSR count). The molecule has 1 heterocycles. The molecule has 0 saturated carbocycles. The lowest BCUT2D eigenvalue weighted by atomic mass is 10.2. The number of rotatable bonds is 4. The lowest BCUT2D eigenvalue weighted by Crippen LogP contribution is -2.39. The number of hydrogen-bond acceptors (Lipinski definition) is 4. The van der Waals surface area contributed by atoms with Gasteiger partial charge in [-0.1, -0.05) is 29.3 Å². The number of benzene rings is 1. The van der Waals surface area contributed by atoms with E-state index in [0.29, 0.717) is 16.0 Å². The first-order chi connectivity index (χ1) is 9.65. The van der Waals surface area contributed by atoms with Crippen LogP contribution in [0.1, 0.15) is 5.56 Å². The quantitative estimate of drug-likeness (QED) is 0.758. The highest BCUT2D eigenvalue weighted by Crippen LogP contribution is 2.20. The second kappa shape index (κ2) is 6.93. The summed E-state index contributed by atoms with van der Waals surface area (Å²) < 4.78 is 0. The summed E-state index contributed by atoms with van der Waals surface area (Å²) in [4.78, 5) is 19.3. The van der Waals surface area contributed by atoms with Crippen molar-refractivity contribution in [2.75, 3.05) is 5.43 Å². The monoisotopic (exact) mass is 311 g/mol. The zero-order valence-corrected chi connectivity index (χ0v) is 11.7. The molecule has 0 saturated heterocycles. The van der Waals surface area contributed by atoms with E-state index in [9.17, 15) is 4.79 Å². The van der Waals surface area contributed by atoms with E-state index in [-0.39, 0.29) is 6.54 Å². The topological polar surface area (TPSA) is 78.9 Å². The summed E-state index contributed by atoms with van der Waals surface area (Å²) in [6.07, 6.45) is 3.12. The van der Waals surface area contributed by atoms with Gasteiger partial charge in [-0.2, -0.15) is 0 Å². The van der Waals surface area contributed by atoms with Crippen molar-refractivity contribution in [1.29, 1.82) is 0 Å². The minimum absolute atomic E-state index is 0.277. The molecular formula is C12H11Cl2N5O. The molecule has 1 aromatic carbocycles. The van der Waals surface area contributed by atoms with Gasteiger partial charge in [-0.15, -0.1) is 0 Å². The molecule has 1 aromatic heterocycles. The molecule has 0 fully saturated rings. The molecule has 3 N–H and O–H groups in total. The van der Waals surface area contributed by atoms with Gasteiger partial charge < -0.3 is 5.32 Å². The molecule has 0 aliphatic rings. The Bertz CT molecular complexity index is 594. The van der Waals surface area contributed by atoms with Crippen LogP contribution in [-0.4, -0.2) is 16.0 Å². The molecule has 6 nitrogen and oxygen atoms in total. The number of aromatic nitrogens is 2. The first kappa shape index (κ1) is 14.4. The molecule has 0 spiro atoms. The van der Waals surface area contributed by atoms with E-state index in [4.69, 9.17) is 23.2 Å². The van der Waals surface area contributed by atoms with Crippen LogP contribution >= 0.6 is 23.2 Å². The molecule has 2 aromatic rings. The molecular weight excluding hydrogens is 301 g/mol. The SMILES string of the molecule is O=C(NCc1ccc(Cl)cc1Cl)NNc1ncccn1. The second-order valence-corrected chi connectivity index (χ2v) is 4.58. The van der Waals surface area contributed by atoms with Crippen LogP contribution in [0.2, 0.25) is 10.0 Å². The molecule has 0 atom stereocenters. The van der Waals surface area contributed by atoms with Gasteiger partial charge >= 0.3 is 6.03 Å². The summed E-state index contributed by atoms with van der Waals surface area (Å²) in [7, 11) is 0. The van der Waals surface area contributed by atoms with Crippen molar-refractivity contribution in [3.8, 4) is 0 Å². The van der Waals surface area contributed by atoms with E-state index in [1.165, 1.54) is 0 Å². The number of halogens is 2. The number of hydrazine groups is 1. The Labute approximate surface area is 125 Å². The van der Waals surface area contributed by atoms with E-state index in [0.717, 1.165) is 5.56 Å². The Morgan fingerprint density at radius 3 is 2.65 bits per heavy atom. The van der Waals surface area contributed by atoms with Gasteiger partial charge in [0.25, 0.3) is 0 Å². The standard InChI is InChI=1S/C12H11Cl2N5O/c13-9-3-2-8(10(14)6-9)7-17-12(20)19-18-11-15-4-1-5-16-11/h1-6H,7H2,(H,15,16,18)(H2,17,19,20). The van der Waals surface area contributed by atoms with Crippen LogP contribution in [0.5, 0.6) is 0 Å². The van der Waals surface area contributed by atoms with Gasteiger partial charge in [-0.3, -0.25) is 5.43 Å². The van der Waals surface area contributed by atoms with Crippen LogP contribution < -0.4 is 16.2 Å². The summed E-state index contributed by atoms with van der Waals surface area (Å²) >= 11 is 11.8. The fraction of sp³-hybridized carbons (Fsp3) is 0.0833. The van der Waals surface area contributed by atoms with Crippen molar-refractivity contribution in [2.45, 2.75) is 6.54 Å². The highest BCUT2D eigenvalue weighted by Gasteiger charge is 2.04. The van der Waals surface area contributed by atoms with Crippen molar-refractivity contribution >= 4 is 35.2 Å². The number of nitrogens with one attached hydrogen (secondary N) is 3. The smallest absolute Gasteiger partial charge is 0.333 e. The highest BCUT2D eigenvalue weighted by molar-refractivity contribution is 6.35. The van der Waals surface area contributed by atoms with Crippen molar-refractivity contribution in [3.63, 3.8) is 0 Å². The number of urea groups is 1. The Morgan fingerprint density at radius 2 is 1.95 bits per heavy atom. The number of carbonyl (C=O) groups is 1. The Kier molecular flexibility index (Phi) is 4.97. The summed E-state index contributed by atoms with van der Waals surface area (Å²) in [6, 6.07) is 6.32. The van der Waals surface area contributed by atoms with Gasteiger partial charge in [-0.25, -0.2) is 20.2 Å². The molecule has 0 radical (unpaired) electrons. The lowest BCUT2D eigenvalue weighted by molar-refractivity contribution is 0.242. The second-order valence-electron chi connectivity index (χ2n) is 3.74. The largest absolute Gasteiger partial charge is 0.333 e. The van der Waals surface area contributed by atoms with E-state index in [1.807, 2.05) is 0 Å². The van der Waals surface area contributed by atoms with E-state index in [2.05, 4.69) is 26.1 Å². The minimum Gasteiger partial charge on any atom is -0.333 e. The maximum Gasteiger partial charge on any atom is 0.333 e. The molecule has 2 amide bonds. The first-order valence-electron chi connectivity index (χ1n) is 5.66. The third-order valence-electron chi connectivity index (χ3n) is 2.31. The maximum absolute atomic E-state index is 11.6. The van der Waals surface area contributed by atoms with Gasteiger partial charge in [-0.05, 0) is 23.8 Å². The molecule has 20 heavy (non-hydrogen) atoms. The van der Waals surface area contributed by atoms with E-state index in [1.54, 1.807) is 36.7 Å². The van der Waals surface area contributed by atoms with Crippen molar-refractivity contribution in [2.24, 2.45) is 0 Å². The van der Waals surface area contributed by atoms with Crippen LogP contribution in [0.15, 0.2) is 36.7 Å². The molecule has 0 aliphatic heterocycles. The predicted molar refractivity (Wildman–Crippen MR) is 77.5 cm³/mol. The van der Waals surface area contributed by atoms with E-state index < -0.39 is 6.03 Å². The van der Waals surface area contributed by atoms with Crippen LogP contribution in [0.4, 0.5) is 10.7 Å². The van der Waals surface area contributed by atoms with Gasteiger partial charge in [0.2, 0.25) is 5.95 Å². The Morgan fingerprint density at radius 1 is 1.20 bits per heavy atom. The molecule has 8 heteroatoms. The van der Waals surface area contributed by atoms with Gasteiger partial charge in [0.1, 0.15) is 0 Å². The van der Waals surface area contributed by atoms with Crippen LogP contribution in [0.25, 0.3) is 0 Å². The van der Waals surface area contributed by atoms with Gasteiger partial charge in [0.05, 0.1) is 0 Å². The highest BCUT2D eigenvalue weighted by atomic mass is 35.5. The zero-order chi connectivity index (χ0) is 14.4. The number of carbonyl (C=O) groups excluding carboxylic acids is 1. The van der Waals surface area contributed by atoms with Crippen LogP contribution in [0.3, 0.4) is 0 Å². The van der Waals surface area contributed by atoms with Gasteiger partial charge in [0.15, 0.2) is 0 Å². The van der Waals surface area contributed by atoms with Crippen molar-refractivity contribution < 1.29 is 4.79 Å². The normalized spacial score (nSPS) is 9.90. The molecule has 0 aliphatic carbocycles. The number of amides is 2. The van der Waals surface area contributed by atoms with Crippen LogP contribution in [-0.2, 0) is 6.54 Å². The lowest BCUT2D eigenvalue weighted by Gasteiger charge is -2.09. The van der Waals surface area contributed by atoms with Crippen molar-refractivity contribution in [1.82, 2.24) is 20.7 Å². The Hall–Kier alpha value is -2.05. The molecule has 0 unspecified atom stereocenters. The Balaban J connectivity index is 1.80. The molecule has 104 valence electrons. The van der Waals surface area contributed by atoms with E-state index >= 15 is 0 Å². The average molecular weight is 312 g/mol. The zero-order valence-electron chi connectivity index (χ0n) is 10.2. The summed E-state index contributed by atoms with van der Waals surface area (Å²) in [5.41, 5.74) is 5.74. The summed E-state index contributed by atoms with van der Waals surface area (Å²) in [6.45, 7) is 0.277. The van der Waals surface area contributed by atoms with Crippen LogP contribution in [0, 0.1) is 0 Å². The fourth-order valence-electron chi connectivity index (χ4n) is 1.36.